The van der Waals surface area contributed by atoms with E-state index in [2.05, 4.69) is 24.4 Å². The Morgan fingerprint density at radius 1 is 1.04 bits per heavy atom. The molecule has 244 valence electrons. The fourth-order valence-corrected chi connectivity index (χ4v) is 6.82. The zero-order valence-corrected chi connectivity index (χ0v) is 29.4. The molecule has 2 amide bonds. The first-order valence-electron chi connectivity index (χ1n) is 14.6. The highest BCUT2D eigenvalue weighted by Gasteiger charge is 2.46. The minimum absolute atomic E-state index is 0. The molecule has 1 fully saturated rings. The van der Waals surface area contributed by atoms with Gasteiger partial charge in [-0.05, 0) is 62.9 Å². The van der Waals surface area contributed by atoms with Gasteiger partial charge in [-0.25, -0.2) is 13.8 Å². The summed E-state index contributed by atoms with van der Waals surface area (Å²) in [6.45, 7) is 8.30. The minimum Gasteiger partial charge on any atom is -1.00 e. The van der Waals surface area contributed by atoms with Gasteiger partial charge < -0.3 is 48.2 Å². The molecular formula is C32H39F2IN4O5S. The first-order valence-corrected chi connectivity index (χ1v) is 15.5. The summed E-state index contributed by atoms with van der Waals surface area (Å²) in [5.74, 6) is -2.64. The molecule has 5 rings (SSSR count). The zero-order chi connectivity index (χ0) is 32.0. The van der Waals surface area contributed by atoms with Crippen molar-refractivity contribution >= 4 is 39.3 Å². The fraction of sp³-hybridized carbons (Fsp3) is 0.500. The molecule has 13 heteroatoms. The van der Waals surface area contributed by atoms with E-state index in [0.29, 0.717) is 46.1 Å². The van der Waals surface area contributed by atoms with Crippen molar-refractivity contribution in [2.75, 3.05) is 47.4 Å². The van der Waals surface area contributed by atoms with Gasteiger partial charge in [0.2, 0.25) is 5.91 Å². The van der Waals surface area contributed by atoms with Crippen LogP contribution in [0.15, 0.2) is 24.3 Å². The van der Waals surface area contributed by atoms with Gasteiger partial charge in [0.15, 0.2) is 11.6 Å². The van der Waals surface area contributed by atoms with Crippen LogP contribution in [-0.4, -0.2) is 85.1 Å². The van der Waals surface area contributed by atoms with Gasteiger partial charge in [-0.2, -0.15) is 0 Å². The third-order valence-electron chi connectivity index (χ3n) is 8.31. The number of hydrogen-bond donors (Lipinski definition) is 1. The molecule has 0 unspecified atom stereocenters. The highest BCUT2D eigenvalue weighted by atomic mass is 127. The number of carbonyl (C=O) groups excluding carboxylic acids is 3. The summed E-state index contributed by atoms with van der Waals surface area (Å²) in [7, 11) is 5.82. The van der Waals surface area contributed by atoms with Crippen LogP contribution in [0.4, 0.5) is 8.78 Å². The van der Waals surface area contributed by atoms with Gasteiger partial charge in [0.05, 0.1) is 81.5 Å². The Morgan fingerprint density at radius 3 is 2.20 bits per heavy atom. The third kappa shape index (κ3) is 7.74. The van der Waals surface area contributed by atoms with Crippen molar-refractivity contribution in [2.24, 2.45) is 5.41 Å². The molecule has 1 saturated heterocycles. The van der Waals surface area contributed by atoms with Crippen molar-refractivity contribution in [1.82, 2.24) is 15.2 Å². The van der Waals surface area contributed by atoms with Gasteiger partial charge in [0.25, 0.3) is 5.91 Å². The van der Waals surface area contributed by atoms with Gasteiger partial charge >= 0.3 is 5.97 Å². The lowest BCUT2D eigenvalue weighted by Gasteiger charge is -2.39. The summed E-state index contributed by atoms with van der Waals surface area (Å²) in [6, 6.07) is 5.71. The molecule has 1 aromatic heterocycles. The number of nitrogens with one attached hydrogen (secondary N) is 1. The quantitative estimate of drug-likeness (QED) is 0.222. The average Bonchev–Trinajstić information content (AvgIpc) is 3.50. The van der Waals surface area contributed by atoms with E-state index >= 15 is 0 Å². The number of halogens is 3. The smallest absolute Gasteiger partial charge is 0.307 e. The zero-order valence-electron chi connectivity index (χ0n) is 26.4. The Kier molecular flexibility index (Phi) is 10.2. The standard InChI is InChI=1S/C32H38F2N4O5S.HI/c1-31(2,3)43-28(39)17-32(15-19-11-22(33)23(34)12-20(19)16-32)30(41)35-18-27-36-24-13-21(25(42-6)14-26(24)44-27)29(40)37-7-9-38(4,5)10-8-37;/h11-14H,7-10,15-18H2,1-6H3;1H. The van der Waals surface area contributed by atoms with Crippen LogP contribution in [0.5, 0.6) is 5.75 Å². The van der Waals surface area contributed by atoms with Gasteiger partial charge in [-0.15, -0.1) is 11.3 Å². The summed E-state index contributed by atoms with van der Waals surface area (Å²) in [5.41, 5.74) is -0.00519. The number of amides is 2. The van der Waals surface area contributed by atoms with Crippen molar-refractivity contribution in [3.8, 4) is 5.75 Å². The van der Waals surface area contributed by atoms with Gasteiger partial charge in [-0.1, -0.05) is 0 Å². The van der Waals surface area contributed by atoms with Gasteiger partial charge in [-0.3, -0.25) is 14.4 Å². The van der Waals surface area contributed by atoms with E-state index in [0.717, 1.165) is 34.4 Å². The normalized spacial score (nSPS) is 16.9. The number of rotatable bonds is 7. The molecule has 0 saturated carbocycles. The van der Waals surface area contributed by atoms with Crippen LogP contribution in [0.1, 0.15) is 53.7 Å². The molecule has 9 nitrogen and oxygen atoms in total. The number of benzene rings is 2. The maximum Gasteiger partial charge on any atom is 0.307 e. The maximum absolute atomic E-state index is 14.0. The van der Waals surface area contributed by atoms with Crippen molar-refractivity contribution < 1.29 is 61.1 Å². The first-order chi connectivity index (χ1) is 20.6. The van der Waals surface area contributed by atoms with Crippen LogP contribution < -0.4 is 34.0 Å². The van der Waals surface area contributed by atoms with E-state index in [1.807, 2.05) is 4.90 Å². The van der Waals surface area contributed by atoms with E-state index in [9.17, 15) is 23.2 Å². The van der Waals surface area contributed by atoms with Crippen molar-refractivity contribution in [3.05, 3.63) is 57.6 Å². The highest BCUT2D eigenvalue weighted by molar-refractivity contribution is 7.18. The predicted molar refractivity (Wildman–Crippen MR) is 162 cm³/mol. The molecule has 0 atom stereocenters. The number of hydrogen-bond acceptors (Lipinski definition) is 7. The summed E-state index contributed by atoms with van der Waals surface area (Å²) in [6.07, 6.45) is -0.109. The Bertz CT molecular complexity index is 1600. The number of nitrogens with zero attached hydrogens (tertiary/aromatic N) is 3. The Morgan fingerprint density at radius 2 is 1.64 bits per heavy atom. The Labute approximate surface area is 282 Å². The number of thiazole rings is 1. The van der Waals surface area contributed by atoms with Crippen molar-refractivity contribution in [3.63, 3.8) is 0 Å². The SMILES string of the molecule is COc1cc2sc(CNC(=O)C3(CC(=O)OC(C)(C)C)Cc4cc(F)c(F)cc4C3)nc2cc1C(=O)N1CC[N+](C)(C)CC1.[I-]. The number of fused-ring (bicyclic) bond motifs is 2. The third-order valence-corrected chi connectivity index (χ3v) is 9.33. The molecule has 0 spiro atoms. The minimum atomic E-state index is -1.27. The number of esters is 1. The molecular weight excluding hydrogens is 717 g/mol. The molecule has 0 radical (unpaired) electrons. The van der Waals surface area contributed by atoms with Crippen LogP contribution >= 0.6 is 11.3 Å². The Balaban J connectivity index is 0.00000461. The monoisotopic (exact) mass is 756 g/mol. The van der Waals surface area contributed by atoms with E-state index in [-0.39, 0.29) is 55.7 Å². The van der Waals surface area contributed by atoms with Crippen molar-refractivity contribution in [1.29, 1.82) is 0 Å². The summed E-state index contributed by atoms with van der Waals surface area (Å²) >= 11 is 1.35. The highest BCUT2D eigenvalue weighted by Crippen LogP contribution is 2.42. The second kappa shape index (κ2) is 13.1. The number of quaternary nitrogens is 1. The molecule has 2 heterocycles. The first kappa shape index (κ1) is 35.0. The predicted octanol–water partition coefficient (Wildman–Crippen LogP) is 1.25. The molecule has 45 heavy (non-hydrogen) atoms. The van der Waals surface area contributed by atoms with E-state index in [1.165, 1.54) is 18.4 Å². The molecule has 1 aliphatic carbocycles. The van der Waals surface area contributed by atoms with E-state index in [1.54, 1.807) is 32.9 Å². The van der Waals surface area contributed by atoms with Crippen LogP contribution in [0.25, 0.3) is 10.2 Å². The molecule has 1 aliphatic heterocycles. The number of ether oxygens (including phenoxy) is 2. The largest absolute Gasteiger partial charge is 1.00 e. The van der Waals surface area contributed by atoms with Crippen LogP contribution in [0.2, 0.25) is 0 Å². The summed E-state index contributed by atoms with van der Waals surface area (Å²) < 4.78 is 40.8. The van der Waals surface area contributed by atoms with Crippen molar-refractivity contribution in [2.45, 2.75) is 52.2 Å². The topological polar surface area (TPSA) is 97.8 Å². The van der Waals surface area contributed by atoms with E-state index in [4.69, 9.17) is 9.47 Å². The molecule has 0 bridgehead atoms. The summed E-state index contributed by atoms with van der Waals surface area (Å²) in [5, 5.41) is 3.50. The van der Waals surface area contributed by atoms with Crippen LogP contribution in [0, 0.1) is 17.0 Å². The second-order valence-electron chi connectivity index (χ2n) is 13.4. The number of likely N-dealkylation sites (N-methyl/N-ethyl adjacent to an activating group) is 1. The van der Waals surface area contributed by atoms with Gasteiger partial charge in [0.1, 0.15) is 16.4 Å². The fourth-order valence-electron chi connectivity index (χ4n) is 5.91. The molecule has 2 aromatic carbocycles. The molecule has 1 N–H and O–H groups in total. The number of methoxy groups -OCH3 is 1. The Hall–Kier alpha value is -2.91. The lowest BCUT2D eigenvalue weighted by molar-refractivity contribution is -0.894. The second-order valence-corrected chi connectivity index (χ2v) is 14.5. The summed E-state index contributed by atoms with van der Waals surface area (Å²) in [4.78, 5) is 46.6. The number of aromatic nitrogens is 1. The maximum atomic E-state index is 14.0. The van der Waals surface area contributed by atoms with Gasteiger partial charge in [0, 0.05) is 6.07 Å². The van der Waals surface area contributed by atoms with Crippen LogP contribution in [0.3, 0.4) is 0 Å². The molecule has 3 aromatic rings. The van der Waals surface area contributed by atoms with E-state index < -0.39 is 34.5 Å². The lowest BCUT2D eigenvalue weighted by atomic mass is 9.80. The number of piperazine rings is 1. The lowest BCUT2D eigenvalue weighted by Crippen LogP contribution is -3.00. The average molecular weight is 757 g/mol. The number of carbonyl (C=O) groups is 3. The molecule has 2 aliphatic rings. The van der Waals surface area contributed by atoms with Crippen LogP contribution in [-0.2, 0) is 33.7 Å².